The van der Waals surface area contributed by atoms with Crippen molar-refractivity contribution in [2.24, 2.45) is 7.05 Å². The van der Waals surface area contributed by atoms with Crippen LogP contribution >= 0.6 is 0 Å². The second kappa shape index (κ2) is 4.71. The molecule has 0 amide bonds. The van der Waals surface area contributed by atoms with Gasteiger partial charge in [-0.1, -0.05) is 11.6 Å². The maximum absolute atomic E-state index is 4.23. The Bertz CT molecular complexity index is 804. The van der Waals surface area contributed by atoms with Crippen LogP contribution in [0.2, 0.25) is 0 Å². The maximum atomic E-state index is 4.23. The van der Waals surface area contributed by atoms with E-state index in [1.54, 1.807) is 0 Å². The summed E-state index contributed by atoms with van der Waals surface area (Å²) in [5, 5.41) is 2.43. The summed E-state index contributed by atoms with van der Waals surface area (Å²) in [5.74, 6) is 0. The molecule has 0 unspecified atom stereocenters. The number of benzene rings is 1. The number of fused-ring (bicyclic) bond motifs is 1. The van der Waals surface area contributed by atoms with E-state index in [1.165, 1.54) is 38.7 Å². The normalized spacial score (nSPS) is 11.0. The molecular formula is C18H19N2+. The molecule has 0 aliphatic carbocycles. The van der Waals surface area contributed by atoms with Crippen LogP contribution in [0, 0.1) is 20.8 Å². The average molecular weight is 263 g/mol. The standard InChI is InChI=1S/C18H19N2/c1-12-9-13(2)14(3)17(10-12)18-16-5-7-19-11-15(16)6-8-20(18)4/h5-11H,1-4H3/q+1. The van der Waals surface area contributed by atoms with Crippen molar-refractivity contribution in [2.45, 2.75) is 20.8 Å². The van der Waals surface area contributed by atoms with Crippen LogP contribution in [0.1, 0.15) is 16.7 Å². The molecule has 100 valence electrons. The highest BCUT2D eigenvalue weighted by molar-refractivity contribution is 5.93. The van der Waals surface area contributed by atoms with Crippen molar-refractivity contribution in [1.29, 1.82) is 0 Å². The number of pyridine rings is 2. The van der Waals surface area contributed by atoms with Crippen molar-refractivity contribution in [2.75, 3.05) is 0 Å². The largest absolute Gasteiger partial charge is 0.264 e. The van der Waals surface area contributed by atoms with E-state index in [2.05, 4.69) is 67.8 Å². The molecule has 20 heavy (non-hydrogen) atoms. The predicted octanol–water partition coefficient (Wildman–Crippen LogP) is 3.65. The number of aromatic nitrogens is 2. The van der Waals surface area contributed by atoms with Crippen LogP contribution in [-0.4, -0.2) is 4.98 Å². The average Bonchev–Trinajstić information content (AvgIpc) is 2.43. The van der Waals surface area contributed by atoms with Gasteiger partial charge in [-0.3, -0.25) is 4.98 Å². The van der Waals surface area contributed by atoms with Crippen molar-refractivity contribution in [3.8, 4) is 11.3 Å². The molecule has 2 aromatic heterocycles. The quantitative estimate of drug-likeness (QED) is 0.612. The zero-order valence-electron chi connectivity index (χ0n) is 12.4. The van der Waals surface area contributed by atoms with Crippen molar-refractivity contribution >= 4 is 10.8 Å². The Morgan fingerprint density at radius 3 is 2.65 bits per heavy atom. The van der Waals surface area contributed by atoms with Crippen LogP contribution in [0.3, 0.4) is 0 Å². The lowest BCUT2D eigenvalue weighted by Gasteiger charge is -2.11. The molecule has 3 rings (SSSR count). The molecule has 0 saturated heterocycles. The van der Waals surface area contributed by atoms with Crippen LogP contribution in [0.4, 0.5) is 0 Å². The predicted molar refractivity (Wildman–Crippen MR) is 82.6 cm³/mol. The summed E-state index contributed by atoms with van der Waals surface area (Å²) in [6, 6.07) is 8.73. The zero-order chi connectivity index (χ0) is 14.3. The molecule has 2 heterocycles. The Hall–Kier alpha value is -2.22. The monoisotopic (exact) mass is 263 g/mol. The molecule has 0 saturated carbocycles. The van der Waals surface area contributed by atoms with Crippen LogP contribution in [-0.2, 0) is 7.05 Å². The highest BCUT2D eigenvalue weighted by Gasteiger charge is 2.18. The number of rotatable bonds is 1. The van der Waals surface area contributed by atoms with Gasteiger partial charge in [-0.05, 0) is 44.0 Å². The molecule has 0 atom stereocenters. The summed E-state index contributed by atoms with van der Waals surface area (Å²) in [6.07, 6.45) is 5.90. The van der Waals surface area contributed by atoms with Gasteiger partial charge in [0.1, 0.15) is 7.05 Å². The first-order valence-electron chi connectivity index (χ1n) is 6.88. The summed E-state index contributed by atoms with van der Waals surface area (Å²) >= 11 is 0. The van der Waals surface area contributed by atoms with E-state index in [-0.39, 0.29) is 0 Å². The summed E-state index contributed by atoms with van der Waals surface area (Å²) in [5.41, 5.74) is 6.55. The maximum Gasteiger partial charge on any atom is 0.220 e. The zero-order valence-corrected chi connectivity index (χ0v) is 12.4. The molecule has 1 aromatic carbocycles. The van der Waals surface area contributed by atoms with Crippen molar-refractivity contribution in [3.05, 3.63) is 59.5 Å². The van der Waals surface area contributed by atoms with E-state index in [9.17, 15) is 0 Å². The topological polar surface area (TPSA) is 16.8 Å². The van der Waals surface area contributed by atoms with E-state index in [4.69, 9.17) is 0 Å². The molecule has 2 nitrogen and oxygen atoms in total. The van der Waals surface area contributed by atoms with Gasteiger partial charge in [-0.25, -0.2) is 4.57 Å². The Labute approximate surface area is 119 Å². The van der Waals surface area contributed by atoms with Crippen LogP contribution in [0.5, 0.6) is 0 Å². The molecule has 0 aliphatic heterocycles. The molecule has 0 aliphatic rings. The second-order valence-electron chi connectivity index (χ2n) is 5.49. The summed E-state index contributed by atoms with van der Waals surface area (Å²) in [6.45, 7) is 6.53. The lowest BCUT2D eigenvalue weighted by atomic mass is 9.95. The number of hydrogen-bond acceptors (Lipinski definition) is 1. The molecule has 0 bridgehead atoms. The first-order chi connectivity index (χ1) is 9.58. The Balaban J connectivity index is 2.43. The van der Waals surface area contributed by atoms with Gasteiger partial charge in [0.15, 0.2) is 6.20 Å². The lowest BCUT2D eigenvalue weighted by molar-refractivity contribution is -0.659. The van der Waals surface area contributed by atoms with Gasteiger partial charge in [-0.15, -0.1) is 0 Å². The number of hydrogen-bond donors (Lipinski definition) is 0. The smallest absolute Gasteiger partial charge is 0.220 e. The van der Waals surface area contributed by atoms with Gasteiger partial charge in [0.2, 0.25) is 5.69 Å². The third kappa shape index (κ3) is 1.97. The molecule has 3 aromatic rings. The summed E-state index contributed by atoms with van der Waals surface area (Å²) in [7, 11) is 2.10. The van der Waals surface area contributed by atoms with Gasteiger partial charge in [0.25, 0.3) is 0 Å². The fourth-order valence-electron chi connectivity index (χ4n) is 2.83. The van der Waals surface area contributed by atoms with E-state index < -0.39 is 0 Å². The van der Waals surface area contributed by atoms with Gasteiger partial charge in [0.05, 0.1) is 10.9 Å². The highest BCUT2D eigenvalue weighted by atomic mass is 14.9. The second-order valence-corrected chi connectivity index (χ2v) is 5.49. The Morgan fingerprint density at radius 2 is 1.85 bits per heavy atom. The third-order valence-electron chi connectivity index (χ3n) is 4.00. The molecule has 0 radical (unpaired) electrons. The van der Waals surface area contributed by atoms with Crippen molar-refractivity contribution < 1.29 is 4.57 Å². The third-order valence-corrected chi connectivity index (χ3v) is 4.00. The van der Waals surface area contributed by atoms with E-state index in [0.29, 0.717) is 0 Å². The minimum Gasteiger partial charge on any atom is -0.264 e. The fraction of sp³-hybridized carbons (Fsp3) is 0.222. The van der Waals surface area contributed by atoms with Gasteiger partial charge >= 0.3 is 0 Å². The van der Waals surface area contributed by atoms with Gasteiger partial charge in [-0.2, -0.15) is 0 Å². The van der Waals surface area contributed by atoms with Crippen molar-refractivity contribution in [1.82, 2.24) is 4.98 Å². The Kier molecular flexibility index (Phi) is 3.01. The van der Waals surface area contributed by atoms with E-state index >= 15 is 0 Å². The first-order valence-corrected chi connectivity index (χ1v) is 6.88. The minimum absolute atomic E-state index is 1.18. The minimum atomic E-state index is 1.18. The Morgan fingerprint density at radius 1 is 1.05 bits per heavy atom. The molecule has 0 fully saturated rings. The van der Waals surface area contributed by atoms with Crippen molar-refractivity contribution in [3.63, 3.8) is 0 Å². The van der Waals surface area contributed by atoms with Crippen LogP contribution in [0.25, 0.3) is 22.0 Å². The summed E-state index contributed by atoms with van der Waals surface area (Å²) in [4.78, 5) is 4.23. The van der Waals surface area contributed by atoms with E-state index in [1.807, 2.05) is 12.4 Å². The SMILES string of the molecule is Cc1cc(C)c(C)c(-c2c3ccncc3cc[n+]2C)c1. The molecule has 2 heteroatoms. The van der Waals surface area contributed by atoms with Gasteiger partial charge in [0, 0.05) is 23.8 Å². The van der Waals surface area contributed by atoms with Crippen LogP contribution in [0.15, 0.2) is 42.9 Å². The van der Waals surface area contributed by atoms with Crippen LogP contribution < -0.4 is 4.57 Å². The lowest BCUT2D eigenvalue weighted by Crippen LogP contribution is -2.30. The van der Waals surface area contributed by atoms with E-state index in [0.717, 1.165) is 0 Å². The van der Waals surface area contributed by atoms with Gasteiger partial charge < -0.3 is 0 Å². The number of nitrogens with zero attached hydrogens (tertiary/aromatic N) is 2. The first kappa shape index (κ1) is 12.8. The fourth-order valence-corrected chi connectivity index (χ4v) is 2.83. The summed E-state index contributed by atoms with van der Waals surface area (Å²) < 4.78 is 2.20. The highest BCUT2D eigenvalue weighted by Crippen LogP contribution is 2.29. The molecular weight excluding hydrogens is 244 g/mol. The number of aryl methyl sites for hydroxylation is 3. The molecule has 0 N–H and O–H groups in total. The molecule has 0 spiro atoms.